The molecule has 5 nitrogen and oxygen atoms in total. The highest BCUT2D eigenvalue weighted by atomic mass is 19.1. The lowest BCUT2D eigenvalue weighted by molar-refractivity contribution is -0.106. The molecule has 1 N–H and O–H groups in total. The molecule has 0 aromatic heterocycles. The summed E-state index contributed by atoms with van der Waals surface area (Å²) in [7, 11) is 0. The highest BCUT2D eigenvalue weighted by molar-refractivity contribution is 5.69. The van der Waals surface area contributed by atoms with Gasteiger partial charge in [0.15, 0.2) is 5.72 Å². The molecule has 1 aromatic rings. The van der Waals surface area contributed by atoms with Gasteiger partial charge in [-0.25, -0.2) is 9.18 Å². The molecule has 1 fully saturated rings. The Kier molecular flexibility index (Phi) is 4.60. The first-order valence-electron chi connectivity index (χ1n) is 7.31. The largest absolute Gasteiger partial charge is 0.488 e. The Bertz CT molecular complexity index is 543. The third-order valence-electron chi connectivity index (χ3n) is 3.34. The first-order chi connectivity index (χ1) is 10.2. The molecule has 0 aliphatic carbocycles. The van der Waals surface area contributed by atoms with Gasteiger partial charge >= 0.3 is 6.09 Å². The van der Waals surface area contributed by atoms with Crippen molar-refractivity contribution in [1.29, 1.82) is 0 Å². The number of carbonyl (C=O) groups excluding carboxylic acids is 1. The number of halogens is 1. The van der Waals surface area contributed by atoms with Gasteiger partial charge in [-0.15, -0.1) is 0 Å². The minimum absolute atomic E-state index is 0.129. The fourth-order valence-corrected chi connectivity index (χ4v) is 2.35. The van der Waals surface area contributed by atoms with E-state index < -0.39 is 23.2 Å². The van der Waals surface area contributed by atoms with Crippen LogP contribution in [0.25, 0.3) is 0 Å². The molecule has 0 bridgehead atoms. The third-order valence-corrected chi connectivity index (χ3v) is 3.34. The number of aliphatic hydroxyl groups is 1. The average Bonchev–Trinajstić information content (AvgIpc) is 2.77. The normalized spacial score (nSPS) is 21.8. The van der Waals surface area contributed by atoms with E-state index in [0.717, 1.165) is 0 Å². The number of hydrogen-bond acceptors (Lipinski definition) is 4. The number of likely N-dealkylation sites (tertiary alicyclic amines) is 1. The molecule has 1 unspecified atom stereocenters. The number of benzene rings is 1. The summed E-state index contributed by atoms with van der Waals surface area (Å²) in [6.45, 7) is 5.57. The molecule has 22 heavy (non-hydrogen) atoms. The number of nitrogens with zero attached hydrogens (tertiary/aromatic N) is 1. The summed E-state index contributed by atoms with van der Waals surface area (Å²) in [5, 5.41) is 10.7. The highest BCUT2D eigenvalue weighted by Gasteiger charge is 2.44. The van der Waals surface area contributed by atoms with Crippen LogP contribution in [-0.4, -0.2) is 40.6 Å². The van der Waals surface area contributed by atoms with Crippen LogP contribution in [-0.2, 0) is 4.74 Å². The van der Waals surface area contributed by atoms with E-state index in [1.165, 1.54) is 23.1 Å². The van der Waals surface area contributed by atoms with Gasteiger partial charge < -0.3 is 14.6 Å². The van der Waals surface area contributed by atoms with E-state index in [0.29, 0.717) is 25.1 Å². The van der Waals surface area contributed by atoms with Crippen molar-refractivity contribution in [2.24, 2.45) is 0 Å². The molecule has 1 amide bonds. The van der Waals surface area contributed by atoms with Gasteiger partial charge in [0.25, 0.3) is 0 Å². The SMILES string of the molecule is CC(C)(C)OC(=O)N1CCCC1(O)COc1cccc(F)c1. The maximum absolute atomic E-state index is 13.1. The van der Waals surface area contributed by atoms with Gasteiger partial charge in [-0.1, -0.05) is 6.07 Å². The summed E-state index contributed by atoms with van der Waals surface area (Å²) in [6.07, 6.45) is 0.472. The number of carbonyl (C=O) groups is 1. The van der Waals surface area contributed by atoms with Gasteiger partial charge in [0.2, 0.25) is 0 Å². The van der Waals surface area contributed by atoms with Crippen LogP contribution in [0.3, 0.4) is 0 Å². The van der Waals surface area contributed by atoms with Crippen LogP contribution >= 0.6 is 0 Å². The van der Waals surface area contributed by atoms with E-state index in [9.17, 15) is 14.3 Å². The monoisotopic (exact) mass is 311 g/mol. The van der Waals surface area contributed by atoms with Gasteiger partial charge in [0.1, 0.15) is 23.8 Å². The third kappa shape index (κ3) is 4.10. The number of ether oxygens (including phenoxy) is 2. The van der Waals surface area contributed by atoms with Gasteiger partial charge in [0.05, 0.1) is 0 Å². The summed E-state index contributed by atoms with van der Waals surface area (Å²) < 4.78 is 23.9. The molecular formula is C16H22FNO4. The van der Waals surface area contributed by atoms with Gasteiger partial charge in [0, 0.05) is 19.0 Å². The summed E-state index contributed by atoms with van der Waals surface area (Å²) >= 11 is 0. The summed E-state index contributed by atoms with van der Waals surface area (Å²) in [5.74, 6) is -0.107. The zero-order valence-corrected chi connectivity index (χ0v) is 13.1. The van der Waals surface area contributed by atoms with E-state index in [4.69, 9.17) is 9.47 Å². The molecule has 0 radical (unpaired) electrons. The Morgan fingerprint density at radius 1 is 1.45 bits per heavy atom. The van der Waals surface area contributed by atoms with E-state index in [1.54, 1.807) is 26.8 Å². The smallest absolute Gasteiger partial charge is 0.412 e. The zero-order valence-electron chi connectivity index (χ0n) is 13.1. The molecule has 1 aliphatic rings. The molecule has 122 valence electrons. The first-order valence-corrected chi connectivity index (χ1v) is 7.31. The molecular weight excluding hydrogens is 289 g/mol. The van der Waals surface area contributed by atoms with Crippen molar-refractivity contribution < 1.29 is 23.8 Å². The van der Waals surface area contributed by atoms with Crippen molar-refractivity contribution in [3.05, 3.63) is 30.1 Å². The second-order valence-corrected chi connectivity index (χ2v) is 6.46. The van der Waals surface area contributed by atoms with Crippen molar-refractivity contribution in [3.8, 4) is 5.75 Å². The Labute approximate surface area is 129 Å². The molecule has 1 atom stereocenters. The fraction of sp³-hybridized carbons (Fsp3) is 0.562. The van der Waals surface area contributed by atoms with Gasteiger partial charge in [-0.3, -0.25) is 4.90 Å². The maximum atomic E-state index is 13.1. The maximum Gasteiger partial charge on any atom is 0.412 e. The minimum atomic E-state index is -1.44. The number of rotatable bonds is 3. The van der Waals surface area contributed by atoms with E-state index in [2.05, 4.69) is 0 Å². The standard InChI is InChI=1S/C16H22FNO4/c1-15(2,3)22-14(19)18-9-5-8-16(18,20)11-21-13-7-4-6-12(17)10-13/h4,6-7,10,20H,5,8-9,11H2,1-3H3. The van der Waals surface area contributed by atoms with Crippen molar-refractivity contribution in [3.63, 3.8) is 0 Å². The molecule has 1 saturated heterocycles. The molecule has 1 heterocycles. The van der Waals surface area contributed by atoms with Crippen molar-refractivity contribution in [2.75, 3.05) is 13.2 Å². The Hall–Kier alpha value is -1.82. The summed E-state index contributed by atoms with van der Waals surface area (Å²) in [4.78, 5) is 13.4. The first kappa shape index (κ1) is 16.5. The van der Waals surface area contributed by atoms with E-state index in [1.807, 2.05) is 0 Å². The second kappa shape index (κ2) is 6.12. The molecule has 0 saturated carbocycles. The predicted octanol–water partition coefficient (Wildman–Crippen LogP) is 2.92. The fourth-order valence-electron chi connectivity index (χ4n) is 2.35. The molecule has 1 aliphatic heterocycles. The predicted molar refractivity (Wildman–Crippen MR) is 79.0 cm³/mol. The lowest BCUT2D eigenvalue weighted by atomic mass is 10.1. The topological polar surface area (TPSA) is 59.0 Å². The number of amides is 1. The Balaban J connectivity index is 2.02. The number of hydrogen-bond donors (Lipinski definition) is 1. The molecule has 2 rings (SSSR count). The van der Waals surface area contributed by atoms with Crippen molar-refractivity contribution in [1.82, 2.24) is 4.90 Å². The van der Waals surface area contributed by atoms with Crippen molar-refractivity contribution >= 4 is 6.09 Å². The van der Waals surface area contributed by atoms with Crippen molar-refractivity contribution in [2.45, 2.75) is 44.9 Å². The zero-order chi connectivity index (χ0) is 16.4. The molecule has 6 heteroatoms. The van der Waals surface area contributed by atoms with Crippen LogP contribution in [0.15, 0.2) is 24.3 Å². The Morgan fingerprint density at radius 3 is 2.82 bits per heavy atom. The average molecular weight is 311 g/mol. The lowest BCUT2D eigenvalue weighted by Crippen LogP contribution is -2.52. The van der Waals surface area contributed by atoms with Gasteiger partial charge in [-0.2, -0.15) is 0 Å². The van der Waals surface area contributed by atoms with E-state index >= 15 is 0 Å². The minimum Gasteiger partial charge on any atom is -0.488 e. The van der Waals surface area contributed by atoms with Crippen LogP contribution in [0, 0.1) is 5.82 Å². The Morgan fingerprint density at radius 2 is 2.18 bits per heavy atom. The van der Waals surface area contributed by atoms with Crippen LogP contribution in [0.1, 0.15) is 33.6 Å². The van der Waals surface area contributed by atoms with Crippen LogP contribution in [0.4, 0.5) is 9.18 Å². The van der Waals surface area contributed by atoms with Crippen LogP contribution < -0.4 is 4.74 Å². The second-order valence-electron chi connectivity index (χ2n) is 6.46. The summed E-state index contributed by atoms with van der Waals surface area (Å²) in [6, 6.07) is 5.66. The van der Waals surface area contributed by atoms with Crippen LogP contribution in [0.2, 0.25) is 0 Å². The van der Waals surface area contributed by atoms with Crippen LogP contribution in [0.5, 0.6) is 5.75 Å². The highest BCUT2D eigenvalue weighted by Crippen LogP contribution is 2.29. The quantitative estimate of drug-likeness (QED) is 0.932. The van der Waals surface area contributed by atoms with E-state index in [-0.39, 0.29) is 6.61 Å². The summed E-state index contributed by atoms with van der Waals surface area (Å²) in [5.41, 5.74) is -2.07. The molecule has 0 spiro atoms. The van der Waals surface area contributed by atoms with Gasteiger partial charge in [-0.05, 0) is 39.3 Å². The lowest BCUT2D eigenvalue weighted by Gasteiger charge is -2.34. The molecule has 1 aromatic carbocycles.